The average Bonchev–Trinajstić information content (AvgIpc) is 2.41. The molecule has 0 saturated heterocycles. The molecule has 20 heavy (non-hydrogen) atoms. The zero-order valence-corrected chi connectivity index (χ0v) is 11.6. The summed E-state index contributed by atoms with van der Waals surface area (Å²) in [5.41, 5.74) is 8.54. The van der Waals surface area contributed by atoms with Crippen molar-refractivity contribution in [2.24, 2.45) is 5.73 Å². The first-order valence-electron chi connectivity index (χ1n) is 7.27. The molecule has 2 aromatic rings. The summed E-state index contributed by atoms with van der Waals surface area (Å²) in [7, 11) is 0. The van der Waals surface area contributed by atoms with Crippen LogP contribution in [0.15, 0.2) is 54.6 Å². The first-order valence-corrected chi connectivity index (χ1v) is 7.27. The smallest absolute Gasteiger partial charge is 0.126 e. The van der Waals surface area contributed by atoms with E-state index in [-0.39, 0.29) is 17.3 Å². The normalized spacial score (nSPS) is 18.3. The maximum absolute atomic E-state index is 13.8. The third-order valence-electron chi connectivity index (χ3n) is 4.70. The lowest BCUT2D eigenvalue weighted by molar-refractivity contribution is 0.193. The number of halogens is 1. The van der Waals surface area contributed by atoms with Crippen molar-refractivity contribution in [3.05, 3.63) is 71.5 Å². The zero-order chi connectivity index (χ0) is 14.0. The molecule has 2 heteroatoms. The molecule has 2 N–H and O–H groups in total. The van der Waals surface area contributed by atoms with Gasteiger partial charge in [-0.15, -0.1) is 0 Å². The van der Waals surface area contributed by atoms with Gasteiger partial charge in [0, 0.05) is 11.5 Å². The van der Waals surface area contributed by atoms with Crippen molar-refractivity contribution in [1.29, 1.82) is 0 Å². The Kier molecular flexibility index (Phi) is 3.58. The molecule has 2 aromatic carbocycles. The Morgan fingerprint density at radius 3 is 2.25 bits per heavy atom. The lowest BCUT2D eigenvalue weighted by Gasteiger charge is -2.47. The Labute approximate surface area is 119 Å². The lowest BCUT2D eigenvalue weighted by Crippen LogP contribution is -2.51. The van der Waals surface area contributed by atoms with E-state index in [1.165, 1.54) is 18.1 Å². The van der Waals surface area contributed by atoms with Gasteiger partial charge in [0.15, 0.2) is 0 Å². The van der Waals surface area contributed by atoms with Gasteiger partial charge in [0.25, 0.3) is 0 Å². The van der Waals surface area contributed by atoms with Gasteiger partial charge in [-0.25, -0.2) is 4.39 Å². The van der Waals surface area contributed by atoms with Crippen molar-refractivity contribution < 1.29 is 4.39 Å². The summed E-state index contributed by atoms with van der Waals surface area (Å²) in [6, 6.07) is 17.4. The molecule has 1 aliphatic rings. The van der Waals surface area contributed by atoms with Gasteiger partial charge in [-0.05, 0) is 36.5 Å². The van der Waals surface area contributed by atoms with Gasteiger partial charge in [0.05, 0.1) is 0 Å². The number of hydrogen-bond donors (Lipinski definition) is 1. The van der Waals surface area contributed by atoms with Crippen LogP contribution in [-0.2, 0) is 11.8 Å². The van der Waals surface area contributed by atoms with E-state index in [1.54, 1.807) is 6.07 Å². The minimum atomic E-state index is -0.148. The van der Waals surface area contributed by atoms with Crippen LogP contribution in [-0.4, -0.2) is 6.04 Å². The van der Waals surface area contributed by atoms with Crippen molar-refractivity contribution in [3.8, 4) is 0 Å². The van der Waals surface area contributed by atoms with Gasteiger partial charge in [0.1, 0.15) is 5.82 Å². The fourth-order valence-electron chi connectivity index (χ4n) is 3.30. The van der Waals surface area contributed by atoms with Crippen molar-refractivity contribution in [3.63, 3.8) is 0 Å². The Bertz CT molecular complexity index is 575. The van der Waals surface area contributed by atoms with Gasteiger partial charge in [-0.3, -0.25) is 0 Å². The second-order valence-corrected chi connectivity index (χ2v) is 5.78. The maximum atomic E-state index is 13.8. The van der Waals surface area contributed by atoms with E-state index in [1.807, 2.05) is 18.2 Å². The number of rotatable bonds is 4. The van der Waals surface area contributed by atoms with E-state index in [9.17, 15) is 4.39 Å². The third-order valence-corrected chi connectivity index (χ3v) is 4.70. The van der Waals surface area contributed by atoms with Crippen LogP contribution in [0.25, 0.3) is 0 Å². The molecule has 1 atom stereocenters. The second-order valence-electron chi connectivity index (χ2n) is 5.78. The lowest BCUT2D eigenvalue weighted by atomic mass is 9.59. The predicted molar refractivity (Wildman–Crippen MR) is 80.1 cm³/mol. The highest BCUT2D eigenvalue weighted by atomic mass is 19.1. The summed E-state index contributed by atoms with van der Waals surface area (Å²) in [6.45, 7) is 0. The van der Waals surface area contributed by atoms with E-state index in [2.05, 4.69) is 24.3 Å². The Morgan fingerprint density at radius 1 is 1.00 bits per heavy atom. The number of hydrogen-bond acceptors (Lipinski definition) is 1. The van der Waals surface area contributed by atoms with Crippen LogP contribution < -0.4 is 5.73 Å². The minimum absolute atomic E-state index is 0.0313. The van der Waals surface area contributed by atoms with E-state index in [0.717, 1.165) is 18.4 Å². The first-order chi connectivity index (χ1) is 9.72. The van der Waals surface area contributed by atoms with E-state index in [0.29, 0.717) is 6.42 Å². The summed E-state index contributed by atoms with van der Waals surface area (Å²) in [5, 5.41) is 0. The molecule has 0 amide bonds. The highest BCUT2D eigenvalue weighted by molar-refractivity contribution is 5.32. The highest BCUT2D eigenvalue weighted by Crippen LogP contribution is 2.46. The van der Waals surface area contributed by atoms with Crippen LogP contribution in [0.3, 0.4) is 0 Å². The van der Waals surface area contributed by atoms with Crippen LogP contribution in [0.4, 0.5) is 4.39 Å². The summed E-state index contributed by atoms with van der Waals surface area (Å²) in [5.74, 6) is -0.148. The molecular weight excluding hydrogens is 249 g/mol. The van der Waals surface area contributed by atoms with Crippen LogP contribution in [0.5, 0.6) is 0 Å². The van der Waals surface area contributed by atoms with E-state index in [4.69, 9.17) is 5.73 Å². The highest BCUT2D eigenvalue weighted by Gasteiger charge is 2.43. The molecule has 0 aliphatic heterocycles. The molecular formula is C18H20FN. The summed E-state index contributed by atoms with van der Waals surface area (Å²) < 4.78 is 13.8. The largest absolute Gasteiger partial charge is 0.327 e. The molecule has 1 nitrogen and oxygen atoms in total. The van der Waals surface area contributed by atoms with E-state index < -0.39 is 0 Å². The molecule has 1 saturated carbocycles. The molecule has 1 unspecified atom stereocenters. The quantitative estimate of drug-likeness (QED) is 0.897. The van der Waals surface area contributed by atoms with Gasteiger partial charge in [0.2, 0.25) is 0 Å². The third kappa shape index (κ3) is 2.25. The Hall–Kier alpha value is -1.67. The molecule has 0 aromatic heterocycles. The van der Waals surface area contributed by atoms with Gasteiger partial charge < -0.3 is 5.73 Å². The molecule has 0 radical (unpaired) electrons. The van der Waals surface area contributed by atoms with Crippen LogP contribution in [0.2, 0.25) is 0 Å². The molecule has 3 rings (SSSR count). The Morgan fingerprint density at radius 2 is 1.65 bits per heavy atom. The predicted octanol–water partition coefficient (Wildman–Crippen LogP) is 3.82. The molecule has 0 spiro atoms. The van der Waals surface area contributed by atoms with Crippen LogP contribution in [0.1, 0.15) is 30.4 Å². The Balaban J connectivity index is 1.85. The van der Waals surface area contributed by atoms with Crippen molar-refractivity contribution in [2.75, 3.05) is 0 Å². The molecule has 0 heterocycles. The zero-order valence-electron chi connectivity index (χ0n) is 11.6. The molecule has 1 aliphatic carbocycles. The van der Waals surface area contributed by atoms with E-state index >= 15 is 0 Å². The van der Waals surface area contributed by atoms with Crippen LogP contribution >= 0.6 is 0 Å². The van der Waals surface area contributed by atoms with Gasteiger partial charge in [-0.1, -0.05) is 55.0 Å². The van der Waals surface area contributed by atoms with Crippen molar-refractivity contribution in [2.45, 2.75) is 37.1 Å². The fourth-order valence-corrected chi connectivity index (χ4v) is 3.30. The summed E-state index contributed by atoms with van der Waals surface area (Å²) >= 11 is 0. The van der Waals surface area contributed by atoms with Gasteiger partial charge in [-0.2, -0.15) is 0 Å². The standard InChI is InChI=1S/C18H20FN/c19-16-10-5-4-7-14(16)13-17(20)18(11-6-12-18)15-8-2-1-3-9-15/h1-5,7-10,17H,6,11-13,20H2. The minimum Gasteiger partial charge on any atom is -0.327 e. The second kappa shape index (κ2) is 5.37. The maximum Gasteiger partial charge on any atom is 0.126 e. The van der Waals surface area contributed by atoms with Crippen molar-refractivity contribution >= 4 is 0 Å². The monoisotopic (exact) mass is 269 g/mol. The molecule has 0 bridgehead atoms. The fraction of sp³-hybridized carbons (Fsp3) is 0.333. The number of nitrogens with two attached hydrogens (primary N) is 1. The SMILES string of the molecule is NC(Cc1ccccc1F)C1(c2ccccc2)CCC1. The summed E-state index contributed by atoms with van der Waals surface area (Å²) in [4.78, 5) is 0. The van der Waals surface area contributed by atoms with Gasteiger partial charge >= 0.3 is 0 Å². The number of benzene rings is 2. The topological polar surface area (TPSA) is 26.0 Å². The first kappa shape index (κ1) is 13.3. The summed E-state index contributed by atoms with van der Waals surface area (Å²) in [6.07, 6.45) is 4.01. The molecule has 104 valence electrons. The molecule has 1 fully saturated rings. The average molecular weight is 269 g/mol. The van der Waals surface area contributed by atoms with Crippen molar-refractivity contribution in [1.82, 2.24) is 0 Å². The van der Waals surface area contributed by atoms with Crippen LogP contribution in [0, 0.1) is 5.82 Å².